The van der Waals surface area contributed by atoms with Crippen molar-refractivity contribution in [3.63, 3.8) is 0 Å². The summed E-state index contributed by atoms with van der Waals surface area (Å²) in [5.74, 6) is -1.25. The van der Waals surface area contributed by atoms with E-state index < -0.39 is 5.82 Å². The van der Waals surface area contributed by atoms with Gasteiger partial charge in [0.15, 0.2) is 0 Å². The molecule has 1 heterocycles. The molecule has 2 rings (SSSR count). The highest BCUT2D eigenvalue weighted by Crippen LogP contribution is 2.32. The molecule has 1 aliphatic rings. The number of amides is 1. The van der Waals surface area contributed by atoms with E-state index in [1.54, 1.807) is 4.90 Å². The van der Waals surface area contributed by atoms with Crippen molar-refractivity contribution >= 4 is 5.91 Å². The Bertz CT molecular complexity index is 550. The molecule has 22 heavy (non-hydrogen) atoms. The Hall–Kier alpha value is -1.66. The van der Waals surface area contributed by atoms with Gasteiger partial charge in [-0.1, -0.05) is 0 Å². The van der Waals surface area contributed by atoms with E-state index in [1.807, 2.05) is 19.0 Å². The predicted molar refractivity (Wildman–Crippen MR) is 81.3 cm³/mol. The highest BCUT2D eigenvalue weighted by molar-refractivity contribution is 5.96. The van der Waals surface area contributed by atoms with Crippen LogP contribution < -0.4 is 0 Å². The van der Waals surface area contributed by atoms with Crippen molar-refractivity contribution in [3.05, 3.63) is 29.6 Å². The molecule has 5 nitrogen and oxygen atoms in total. The third kappa shape index (κ3) is 3.56. The Morgan fingerprint density at radius 3 is 2.77 bits per heavy atom. The van der Waals surface area contributed by atoms with Crippen molar-refractivity contribution in [1.82, 2.24) is 9.80 Å². The summed E-state index contributed by atoms with van der Waals surface area (Å²) in [6.07, 6.45) is 1.64. The molecule has 1 aromatic rings. The average molecular weight is 310 g/mol. The summed E-state index contributed by atoms with van der Waals surface area (Å²) in [5, 5.41) is 19.6. The zero-order valence-electron chi connectivity index (χ0n) is 13.0. The topological polar surface area (TPSA) is 64.0 Å². The van der Waals surface area contributed by atoms with Gasteiger partial charge in [0.1, 0.15) is 11.6 Å². The van der Waals surface area contributed by atoms with Gasteiger partial charge in [0, 0.05) is 31.1 Å². The second kappa shape index (κ2) is 6.62. The first kappa shape index (κ1) is 16.7. The monoisotopic (exact) mass is 310 g/mol. The van der Waals surface area contributed by atoms with Crippen LogP contribution >= 0.6 is 0 Å². The van der Waals surface area contributed by atoms with Gasteiger partial charge < -0.3 is 20.0 Å². The normalized spacial score (nSPS) is 22.1. The van der Waals surface area contributed by atoms with Crippen molar-refractivity contribution in [2.24, 2.45) is 5.41 Å². The van der Waals surface area contributed by atoms with Gasteiger partial charge in [-0.05, 0) is 39.1 Å². The Kier molecular flexibility index (Phi) is 5.03. The van der Waals surface area contributed by atoms with Crippen LogP contribution in [0.2, 0.25) is 0 Å². The van der Waals surface area contributed by atoms with Crippen molar-refractivity contribution in [2.45, 2.75) is 12.8 Å². The molecule has 1 aromatic carbocycles. The molecule has 1 aliphatic heterocycles. The minimum Gasteiger partial charge on any atom is -0.507 e. The number of piperidine rings is 1. The van der Waals surface area contributed by atoms with Crippen LogP contribution in [0.3, 0.4) is 0 Å². The number of aromatic hydroxyl groups is 1. The van der Waals surface area contributed by atoms with Crippen LogP contribution in [0.1, 0.15) is 23.2 Å². The van der Waals surface area contributed by atoms with Gasteiger partial charge in [-0.3, -0.25) is 4.79 Å². The number of hydrogen-bond acceptors (Lipinski definition) is 4. The average Bonchev–Trinajstić information content (AvgIpc) is 2.46. The van der Waals surface area contributed by atoms with E-state index in [9.17, 15) is 19.4 Å². The van der Waals surface area contributed by atoms with Crippen LogP contribution in [-0.4, -0.2) is 66.3 Å². The molecule has 0 saturated carbocycles. The van der Waals surface area contributed by atoms with Crippen molar-refractivity contribution < 1.29 is 19.4 Å². The standard InChI is InChI=1S/C16H23FN2O3/c1-18(2)9-16(11-20)6-3-7-19(10-16)15(22)13-5-4-12(17)8-14(13)21/h4-5,8,20-21H,3,6-7,9-11H2,1-2H3. The maximum absolute atomic E-state index is 13.1. The summed E-state index contributed by atoms with van der Waals surface area (Å²) in [6.45, 7) is 1.69. The van der Waals surface area contributed by atoms with Crippen LogP contribution in [0, 0.1) is 11.2 Å². The number of carbonyl (C=O) groups is 1. The van der Waals surface area contributed by atoms with Gasteiger partial charge in [0.25, 0.3) is 5.91 Å². The van der Waals surface area contributed by atoms with E-state index in [1.165, 1.54) is 6.07 Å². The molecule has 0 aliphatic carbocycles. The highest BCUT2D eigenvalue weighted by Gasteiger charge is 2.37. The van der Waals surface area contributed by atoms with E-state index >= 15 is 0 Å². The summed E-state index contributed by atoms with van der Waals surface area (Å²) in [6, 6.07) is 3.40. The Labute approximate surface area is 130 Å². The molecule has 1 unspecified atom stereocenters. The molecule has 1 fully saturated rings. The van der Waals surface area contributed by atoms with Gasteiger partial charge in [-0.2, -0.15) is 0 Å². The molecule has 1 amide bonds. The molecule has 1 saturated heterocycles. The Balaban J connectivity index is 2.19. The first-order chi connectivity index (χ1) is 10.4. The number of hydrogen-bond donors (Lipinski definition) is 2. The lowest BCUT2D eigenvalue weighted by Gasteiger charge is -2.43. The van der Waals surface area contributed by atoms with E-state index in [-0.39, 0.29) is 29.2 Å². The number of nitrogens with zero attached hydrogens (tertiary/aromatic N) is 2. The van der Waals surface area contributed by atoms with Gasteiger partial charge in [-0.25, -0.2) is 4.39 Å². The number of phenolic OH excluding ortho intramolecular Hbond substituents is 1. The number of halogens is 1. The third-order valence-corrected chi connectivity index (χ3v) is 4.13. The summed E-state index contributed by atoms with van der Waals surface area (Å²) in [7, 11) is 3.87. The largest absolute Gasteiger partial charge is 0.507 e. The summed E-state index contributed by atoms with van der Waals surface area (Å²) in [4.78, 5) is 16.2. The maximum Gasteiger partial charge on any atom is 0.257 e. The lowest BCUT2D eigenvalue weighted by molar-refractivity contribution is 0.0137. The highest BCUT2D eigenvalue weighted by atomic mass is 19.1. The maximum atomic E-state index is 13.1. The second-order valence-electron chi connectivity index (χ2n) is 6.39. The van der Waals surface area contributed by atoms with Crippen molar-refractivity contribution in [3.8, 4) is 5.75 Å². The van der Waals surface area contributed by atoms with E-state index in [4.69, 9.17) is 0 Å². The van der Waals surface area contributed by atoms with Crippen LogP contribution in [0.4, 0.5) is 4.39 Å². The number of rotatable bonds is 4. The molecule has 1 atom stereocenters. The number of aliphatic hydroxyl groups is 1. The summed E-state index contributed by atoms with van der Waals surface area (Å²) < 4.78 is 13.1. The van der Waals surface area contributed by atoms with Crippen LogP contribution in [0.25, 0.3) is 0 Å². The number of likely N-dealkylation sites (tertiary alicyclic amines) is 1. The molecule has 2 N–H and O–H groups in total. The van der Waals surface area contributed by atoms with Gasteiger partial charge in [0.2, 0.25) is 0 Å². The Morgan fingerprint density at radius 2 is 2.18 bits per heavy atom. The molecule has 122 valence electrons. The number of aliphatic hydroxyl groups excluding tert-OH is 1. The molecule has 0 bridgehead atoms. The minimum atomic E-state index is -0.579. The smallest absolute Gasteiger partial charge is 0.257 e. The van der Waals surface area contributed by atoms with E-state index in [2.05, 4.69) is 0 Å². The molecule has 0 aromatic heterocycles. The lowest BCUT2D eigenvalue weighted by Crippen LogP contribution is -2.51. The molecule has 0 spiro atoms. The number of carbonyl (C=O) groups excluding carboxylic acids is 1. The van der Waals surface area contributed by atoms with Gasteiger partial charge >= 0.3 is 0 Å². The quantitative estimate of drug-likeness (QED) is 0.880. The molecular weight excluding hydrogens is 287 g/mol. The first-order valence-electron chi connectivity index (χ1n) is 7.40. The minimum absolute atomic E-state index is 0.00433. The van der Waals surface area contributed by atoms with E-state index in [0.717, 1.165) is 25.0 Å². The third-order valence-electron chi connectivity index (χ3n) is 4.13. The fourth-order valence-corrected chi connectivity index (χ4v) is 3.22. The van der Waals surface area contributed by atoms with Gasteiger partial charge in [0.05, 0.1) is 12.2 Å². The van der Waals surface area contributed by atoms with Crippen molar-refractivity contribution in [2.75, 3.05) is 40.3 Å². The summed E-state index contributed by atoms with van der Waals surface area (Å²) >= 11 is 0. The van der Waals surface area contributed by atoms with Crippen LogP contribution in [0.15, 0.2) is 18.2 Å². The molecule has 6 heteroatoms. The molecular formula is C16H23FN2O3. The van der Waals surface area contributed by atoms with Crippen LogP contribution in [-0.2, 0) is 0 Å². The fourth-order valence-electron chi connectivity index (χ4n) is 3.22. The van der Waals surface area contributed by atoms with E-state index in [0.29, 0.717) is 19.6 Å². The zero-order valence-corrected chi connectivity index (χ0v) is 13.0. The number of benzene rings is 1. The second-order valence-corrected chi connectivity index (χ2v) is 6.39. The fraction of sp³-hybridized carbons (Fsp3) is 0.562. The van der Waals surface area contributed by atoms with Crippen molar-refractivity contribution in [1.29, 1.82) is 0 Å². The van der Waals surface area contributed by atoms with Gasteiger partial charge in [-0.15, -0.1) is 0 Å². The summed E-state index contributed by atoms with van der Waals surface area (Å²) in [5.41, 5.74) is -0.257. The number of phenols is 1. The molecule has 0 radical (unpaired) electrons. The Morgan fingerprint density at radius 1 is 1.45 bits per heavy atom. The predicted octanol–water partition coefficient (Wildman–Crippen LogP) is 1.31. The zero-order chi connectivity index (χ0) is 16.3. The van der Waals surface area contributed by atoms with Crippen LogP contribution in [0.5, 0.6) is 5.75 Å². The SMILES string of the molecule is CN(C)CC1(CO)CCCN(C(=O)c2ccc(F)cc2O)C1. The lowest BCUT2D eigenvalue weighted by atomic mass is 9.80. The first-order valence-corrected chi connectivity index (χ1v) is 7.40.